The van der Waals surface area contributed by atoms with Crippen LogP contribution in [0.3, 0.4) is 0 Å². The number of anilines is 1. The normalized spacial score (nSPS) is 11.8. The first-order chi connectivity index (χ1) is 8.97. The second-order valence-corrected chi connectivity index (χ2v) is 4.53. The Morgan fingerprint density at radius 2 is 1.95 bits per heavy atom. The first-order valence-electron chi connectivity index (χ1n) is 6.27. The molecule has 5 heteroatoms. The first kappa shape index (κ1) is 15.2. The highest BCUT2D eigenvalue weighted by atomic mass is 16.3. The molecule has 0 spiro atoms. The van der Waals surface area contributed by atoms with Crippen molar-refractivity contribution in [1.29, 1.82) is 0 Å². The zero-order valence-electron chi connectivity index (χ0n) is 11.5. The number of aliphatic hydroxyl groups excluding tert-OH is 1. The smallest absolute Gasteiger partial charge is 0.313 e. The fourth-order valence-corrected chi connectivity index (χ4v) is 1.66. The minimum atomic E-state index is -0.735. The molecule has 2 amide bonds. The molecule has 0 saturated carbocycles. The summed E-state index contributed by atoms with van der Waals surface area (Å²) in [5.41, 5.74) is 2.60. The molecule has 0 bridgehead atoms. The van der Waals surface area contributed by atoms with Crippen molar-refractivity contribution in [2.75, 3.05) is 11.9 Å². The lowest BCUT2D eigenvalue weighted by Crippen LogP contribution is -2.43. The van der Waals surface area contributed by atoms with Crippen molar-refractivity contribution in [3.8, 4) is 0 Å². The predicted octanol–water partition coefficient (Wildman–Crippen LogP) is 1.13. The Balaban J connectivity index is 2.66. The standard InChI is InChI=1S/C14H20N2O3/c1-4-11(8-17)15-13(18)14(19)16-12-6-5-9(2)7-10(12)3/h5-7,11,17H,4,8H2,1-3H3,(H,15,18)(H,16,19)/t11-/m0/s1. The largest absolute Gasteiger partial charge is 0.394 e. The molecule has 0 aliphatic heterocycles. The van der Waals surface area contributed by atoms with E-state index >= 15 is 0 Å². The van der Waals surface area contributed by atoms with E-state index in [0.717, 1.165) is 11.1 Å². The highest BCUT2D eigenvalue weighted by Crippen LogP contribution is 2.15. The van der Waals surface area contributed by atoms with Gasteiger partial charge in [-0.15, -0.1) is 0 Å². The van der Waals surface area contributed by atoms with E-state index in [0.29, 0.717) is 12.1 Å². The van der Waals surface area contributed by atoms with Gasteiger partial charge in [0.25, 0.3) is 0 Å². The van der Waals surface area contributed by atoms with E-state index < -0.39 is 17.9 Å². The van der Waals surface area contributed by atoms with Crippen LogP contribution in [-0.4, -0.2) is 29.6 Å². The summed E-state index contributed by atoms with van der Waals surface area (Å²) in [7, 11) is 0. The molecule has 1 aromatic carbocycles. The van der Waals surface area contributed by atoms with Crippen LogP contribution in [0.15, 0.2) is 18.2 Å². The molecule has 104 valence electrons. The number of rotatable bonds is 4. The van der Waals surface area contributed by atoms with Crippen LogP contribution in [0.2, 0.25) is 0 Å². The molecule has 0 saturated heterocycles. The molecule has 1 aromatic rings. The molecular weight excluding hydrogens is 244 g/mol. The summed E-state index contributed by atoms with van der Waals surface area (Å²) in [5.74, 6) is -1.46. The summed E-state index contributed by atoms with van der Waals surface area (Å²) in [6.07, 6.45) is 0.569. The van der Waals surface area contributed by atoms with Gasteiger partial charge in [-0.1, -0.05) is 24.6 Å². The Hall–Kier alpha value is -1.88. The fraction of sp³-hybridized carbons (Fsp3) is 0.429. The van der Waals surface area contributed by atoms with E-state index in [1.54, 1.807) is 6.07 Å². The Labute approximate surface area is 113 Å². The Kier molecular flexibility index (Phi) is 5.51. The molecule has 3 N–H and O–H groups in total. The number of hydrogen-bond acceptors (Lipinski definition) is 3. The van der Waals surface area contributed by atoms with E-state index in [9.17, 15) is 9.59 Å². The average Bonchev–Trinajstić information content (AvgIpc) is 2.38. The fourth-order valence-electron chi connectivity index (χ4n) is 1.66. The zero-order chi connectivity index (χ0) is 14.4. The van der Waals surface area contributed by atoms with Crippen LogP contribution in [0.4, 0.5) is 5.69 Å². The molecule has 0 radical (unpaired) electrons. The third kappa shape index (κ3) is 4.37. The highest BCUT2D eigenvalue weighted by molar-refractivity contribution is 6.39. The van der Waals surface area contributed by atoms with Crippen molar-refractivity contribution in [2.45, 2.75) is 33.2 Å². The van der Waals surface area contributed by atoms with Gasteiger partial charge in [-0.3, -0.25) is 9.59 Å². The second kappa shape index (κ2) is 6.89. The topological polar surface area (TPSA) is 78.4 Å². The summed E-state index contributed by atoms with van der Waals surface area (Å²) in [6, 6.07) is 5.16. The highest BCUT2D eigenvalue weighted by Gasteiger charge is 2.17. The van der Waals surface area contributed by atoms with Crippen molar-refractivity contribution in [2.24, 2.45) is 0 Å². The van der Waals surface area contributed by atoms with E-state index in [-0.39, 0.29) is 6.61 Å². The van der Waals surface area contributed by atoms with Gasteiger partial charge in [0, 0.05) is 5.69 Å². The van der Waals surface area contributed by atoms with Crippen molar-refractivity contribution in [3.63, 3.8) is 0 Å². The zero-order valence-corrected chi connectivity index (χ0v) is 11.5. The van der Waals surface area contributed by atoms with Gasteiger partial charge in [-0.2, -0.15) is 0 Å². The third-order valence-corrected chi connectivity index (χ3v) is 2.88. The molecule has 19 heavy (non-hydrogen) atoms. The predicted molar refractivity (Wildman–Crippen MR) is 73.9 cm³/mol. The maximum Gasteiger partial charge on any atom is 0.313 e. The van der Waals surface area contributed by atoms with E-state index in [1.807, 2.05) is 32.9 Å². The minimum absolute atomic E-state index is 0.181. The molecule has 0 heterocycles. The number of amides is 2. The van der Waals surface area contributed by atoms with E-state index in [1.165, 1.54) is 0 Å². The van der Waals surface area contributed by atoms with Crippen molar-refractivity contribution in [1.82, 2.24) is 5.32 Å². The van der Waals surface area contributed by atoms with Crippen LogP contribution in [0, 0.1) is 13.8 Å². The lowest BCUT2D eigenvalue weighted by atomic mass is 10.1. The molecule has 1 rings (SSSR count). The molecule has 0 unspecified atom stereocenters. The van der Waals surface area contributed by atoms with Crippen LogP contribution in [0.1, 0.15) is 24.5 Å². The summed E-state index contributed by atoms with van der Waals surface area (Å²) >= 11 is 0. The van der Waals surface area contributed by atoms with Crippen LogP contribution in [0.25, 0.3) is 0 Å². The van der Waals surface area contributed by atoms with Crippen molar-refractivity contribution < 1.29 is 14.7 Å². The van der Waals surface area contributed by atoms with Gasteiger partial charge in [0.15, 0.2) is 0 Å². The van der Waals surface area contributed by atoms with Crippen molar-refractivity contribution >= 4 is 17.5 Å². The van der Waals surface area contributed by atoms with Gasteiger partial charge in [-0.25, -0.2) is 0 Å². The maximum atomic E-state index is 11.7. The quantitative estimate of drug-likeness (QED) is 0.713. The van der Waals surface area contributed by atoms with E-state index in [4.69, 9.17) is 5.11 Å². The van der Waals surface area contributed by atoms with E-state index in [2.05, 4.69) is 10.6 Å². The maximum absolute atomic E-state index is 11.7. The van der Waals surface area contributed by atoms with Gasteiger partial charge in [0.1, 0.15) is 0 Å². The summed E-state index contributed by atoms with van der Waals surface area (Å²) in [5, 5.41) is 14.0. The molecule has 5 nitrogen and oxygen atoms in total. The van der Waals surface area contributed by atoms with Crippen LogP contribution < -0.4 is 10.6 Å². The number of nitrogens with one attached hydrogen (secondary N) is 2. The summed E-state index contributed by atoms with van der Waals surface area (Å²) in [4.78, 5) is 23.3. The minimum Gasteiger partial charge on any atom is -0.394 e. The molecule has 0 aliphatic rings. The number of aryl methyl sites for hydroxylation is 2. The molecule has 0 fully saturated rings. The van der Waals surface area contributed by atoms with Gasteiger partial charge in [0.2, 0.25) is 0 Å². The number of hydrogen-bond donors (Lipinski definition) is 3. The Bertz CT molecular complexity index is 468. The lowest BCUT2D eigenvalue weighted by Gasteiger charge is -2.14. The molecular formula is C14H20N2O3. The third-order valence-electron chi connectivity index (χ3n) is 2.88. The molecule has 0 aliphatic carbocycles. The number of aliphatic hydroxyl groups is 1. The first-order valence-corrected chi connectivity index (χ1v) is 6.27. The van der Waals surface area contributed by atoms with Crippen LogP contribution in [0.5, 0.6) is 0 Å². The lowest BCUT2D eigenvalue weighted by molar-refractivity contribution is -0.136. The SMILES string of the molecule is CC[C@@H](CO)NC(=O)C(=O)Nc1ccc(C)cc1C. The monoisotopic (exact) mass is 264 g/mol. The number of carbonyl (C=O) groups excluding carboxylic acids is 2. The van der Waals surface area contributed by atoms with Gasteiger partial charge >= 0.3 is 11.8 Å². The molecule has 1 atom stereocenters. The van der Waals surface area contributed by atoms with Gasteiger partial charge in [0.05, 0.1) is 12.6 Å². The second-order valence-electron chi connectivity index (χ2n) is 4.53. The van der Waals surface area contributed by atoms with Crippen LogP contribution in [-0.2, 0) is 9.59 Å². The van der Waals surface area contributed by atoms with Gasteiger partial charge < -0.3 is 15.7 Å². The number of carbonyl (C=O) groups is 2. The Morgan fingerprint density at radius 1 is 1.26 bits per heavy atom. The summed E-state index contributed by atoms with van der Waals surface area (Å²) < 4.78 is 0. The summed E-state index contributed by atoms with van der Waals surface area (Å²) in [6.45, 7) is 5.46. The van der Waals surface area contributed by atoms with Crippen molar-refractivity contribution in [3.05, 3.63) is 29.3 Å². The van der Waals surface area contributed by atoms with Crippen LogP contribution >= 0.6 is 0 Å². The van der Waals surface area contributed by atoms with Gasteiger partial charge in [-0.05, 0) is 31.9 Å². The Morgan fingerprint density at radius 3 is 2.47 bits per heavy atom. The average molecular weight is 264 g/mol. The number of benzene rings is 1. The molecule has 0 aromatic heterocycles.